The molecular weight excluding hydrogens is 314 g/mol. The van der Waals surface area contributed by atoms with Gasteiger partial charge in [0.25, 0.3) is 0 Å². The van der Waals surface area contributed by atoms with Crippen LogP contribution in [-0.4, -0.2) is 29.2 Å². The molecule has 0 saturated carbocycles. The van der Waals surface area contributed by atoms with Gasteiger partial charge in [0.1, 0.15) is 23.7 Å². The van der Waals surface area contributed by atoms with E-state index in [1.54, 1.807) is 0 Å². The van der Waals surface area contributed by atoms with Crippen molar-refractivity contribution in [3.8, 4) is 11.5 Å². The van der Waals surface area contributed by atoms with E-state index in [2.05, 4.69) is 0 Å². The number of allylic oxidation sites excluding steroid dienone is 2. The number of carbonyl (C=O) groups is 2. The minimum absolute atomic E-state index is 0.00172. The van der Waals surface area contributed by atoms with Crippen LogP contribution in [0.1, 0.15) is 46.8 Å². The third kappa shape index (κ3) is 3.35. The highest BCUT2D eigenvalue weighted by Crippen LogP contribution is 2.42. The van der Waals surface area contributed by atoms with Crippen LogP contribution in [-0.2, 0) is 29.2 Å². The average Bonchev–Trinajstić information content (AvgIpc) is 2.93. The summed E-state index contributed by atoms with van der Waals surface area (Å²) in [5.74, 6) is -0.854. The molecule has 1 aromatic rings. The highest BCUT2D eigenvalue weighted by atomic mass is 16.5. The molecule has 1 heterocycles. The molecule has 1 aromatic carbocycles. The van der Waals surface area contributed by atoms with Crippen molar-refractivity contribution in [2.75, 3.05) is 7.11 Å². The molecule has 4 N–H and O–H groups in total. The second-order valence-corrected chi connectivity index (χ2v) is 5.65. The third-order valence-electron chi connectivity index (χ3n) is 4.07. The van der Waals surface area contributed by atoms with Gasteiger partial charge >= 0.3 is 5.97 Å². The number of carbonyl (C=O) groups excluding carboxylic acids is 2. The van der Waals surface area contributed by atoms with E-state index in [1.165, 1.54) is 7.11 Å². The van der Waals surface area contributed by atoms with Gasteiger partial charge in [0.05, 0.1) is 13.7 Å². The van der Waals surface area contributed by atoms with Crippen molar-refractivity contribution in [2.24, 2.45) is 5.73 Å². The SMILES string of the molecule is COc1c(C/C=C(\C)CCC(N)=O)c(O)c2c(c1CO)COC2=O. The van der Waals surface area contributed by atoms with Crippen LogP contribution >= 0.6 is 0 Å². The fraction of sp³-hybridized carbons (Fsp3) is 0.412. The van der Waals surface area contributed by atoms with Crippen molar-refractivity contribution in [1.29, 1.82) is 0 Å². The predicted molar refractivity (Wildman–Crippen MR) is 85.6 cm³/mol. The monoisotopic (exact) mass is 335 g/mol. The molecule has 130 valence electrons. The third-order valence-corrected chi connectivity index (χ3v) is 4.07. The number of amides is 1. The molecule has 0 radical (unpaired) electrons. The molecular formula is C17H21NO6. The normalized spacial score (nSPS) is 13.6. The maximum Gasteiger partial charge on any atom is 0.342 e. The van der Waals surface area contributed by atoms with Gasteiger partial charge < -0.3 is 25.4 Å². The van der Waals surface area contributed by atoms with Crippen molar-refractivity contribution in [3.63, 3.8) is 0 Å². The fourth-order valence-electron chi connectivity index (χ4n) is 2.76. The zero-order valence-electron chi connectivity index (χ0n) is 13.7. The number of aliphatic hydroxyl groups is 1. The molecule has 0 aliphatic carbocycles. The number of phenolic OH excluding ortho intramolecular Hbond substituents is 1. The zero-order chi connectivity index (χ0) is 17.9. The summed E-state index contributed by atoms with van der Waals surface area (Å²) >= 11 is 0. The summed E-state index contributed by atoms with van der Waals surface area (Å²) in [4.78, 5) is 22.7. The summed E-state index contributed by atoms with van der Waals surface area (Å²) in [6.07, 6.45) is 2.86. The van der Waals surface area contributed by atoms with Crippen molar-refractivity contribution in [3.05, 3.63) is 33.9 Å². The van der Waals surface area contributed by atoms with Crippen LogP contribution in [0.15, 0.2) is 11.6 Å². The lowest BCUT2D eigenvalue weighted by Crippen LogP contribution is -2.09. The second kappa shape index (κ2) is 7.35. The maximum atomic E-state index is 11.9. The van der Waals surface area contributed by atoms with Crippen LogP contribution in [0, 0.1) is 0 Å². The van der Waals surface area contributed by atoms with E-state index in [4.69, 9.17) is 15.2 Å². The number of fused-ring (bicyclic) bond motifs is 1. The molecule has 24 heavy (non-hydrogen) atoms. The van der Waals surface area contributed by atoms with Crippen LogP contribution in [0.25, 0.3) is 0 Å². The highest BCUT2D eigenvalue weighted by Gasteiger charge is 2.33. The number of nitrogens with two attached hydrogens (primary N) is 1. The number of esters is 1. The number of hydrogen-bond acceptors (Lipinski definition) is 6. The average molecular weight is 335 g/mol. The highest BCUT2D eigenvalue weighted by molar-refractivity contribution is 5.98. The van der Waals surface area contributed by atoms with E-state index in [1.807, 2.05) is 13.0 Å². The number of phenols is 1. The first-order valence-corrected chi connectivity index (χ1v) is 7.56. The van der Waals surface area contributed by atoms with Gasteiger partial charge in [0.2, 0.25) is 5.91 Å². The van der Waals surface area contributed by atoms with E-state index in [9.17, 15) is 19.8 Å². The summed E-state index contributed by atoms with van der Waals surface area (Å²) in [5.41, 5.74) is 7.42. The topological polar surface area (TPSA) is 119 Å². The minimum atomic E-state index is -0.615. The van der Waals surface area contributed by atoms with Crippen LogP contribution in [0.5, 0.6) is 11.5 Å². The number of benzene rings is 1. The summed E-state index contributed by atoms with van der Waals surface area (Å²) in [7, 11) is 1.44. The van der Waals surface area contributed by atoms with Crippen LogP contribution in [0.4, 0.5) is 0 Å². The number of aromatic hydroxyl groups is 1. The Balaban J connectivity index is 2.42. The van der Waals surface area contributed by atoms with Crippen molar-refractivity contribution < 1.29 is 29.3 Å². The Morgan fingerprint density at radius 1 is 1.38 bits per heavy atom. The summed E-state index contributed by atoms with van der Waals surface area (Å²) < 4.78 is 10.3. The number of primary amides is 1. The van der Waals surface area contributed by atoms with Gasteiger partial charge in [-0.3, -0.25) is 4.79 Å². The Morgan fingerprint density at radius 3 is 2.67 bits per heavy atom. The lowest BCUT2D eigenvalue weighted by atomic mass is 9.94. The molecule has 0 fully saturated rings. The molecule has 0 atom stereocenters. The Kier molecular flexibility index (Phi) is 5.46. The smallest absolute Gasteiger partial charge is 0.342 e. The first kappa shape index (κ1) is 17.8. The number of ether oxygens (including phenoxy) is 2. The first-order valence-electron chi connectivity index (χ1n) is 7.56. The molecule has 7 nitrogen and oxygen atoms in total. The Bertz CT molecular complexity index is 708. The van der Waals surface area contributed by atoms with Gasteiger partial charge in [-0.25, -0.2) is 4.79 Å². The Hall–Kier alpha value is -2.54. The molecule has 1 amide bonds. The van der Waals surface area contributed by atoms with Gasteiger partial charge in [-0.05, 0) is 19.8 Å². The van der Waals surface area contributed by atoms with Crippen molar-refractivity contribution in [2.45, 2.75) is 39.4 Å². The van der Waals surface area contributed by atoms with Crippen molar-refractivity contribution >= 4 is 11.9 Å². The lowest BCUT2D eigenvalue weighted by molar-refractivity contribution is -0.117. The van der Waals surface area contributed by atoms with E-state index in [0.717, 1.165) is 5.57 Å². The van der Waals surface area contributed by atoms with E-state index in [0.29, 0.717) is 28.9 Å². The number of aliphatic hydroxyl groups excluding tert-OH is 1. The Labute approximate surface area is 139 Å². The van der Waals surface area contributed by atoms with Crippen LogP contribution in [0.2, 0.25) is 0 Å². The second-order valence-electron chi connectivity index (χ2n) is 5.65. The Morgan fingerprint density at radius 2 is 2.08 bits per heavy atom. The summed E-state index contributed by atoms with van der Waals surface area (Å²) in [6.45, 7) is 1.52. The zero-order valence-corrected chi connectivity index (χ0v) is 13.7. The summed E-state index contributed by atoms with van der Waals surface area (Å²) in [6, 6.07) is 0. The van der Waals surface area contributed by atoms with Gasteiger partial charge in [-0.1, -0.05) is 11.6 Å². The van der Waals surface area contributed by atoms with E-state index in [-0.39, 0.29) is 43.3 Å². The molecule has 2 rings (SSSR count). The number of methoxy groups -OCH3 is 1. The minimum Gasteiger partial charge on any atom is -0.507 e. The number of hydrogen-bond donors (Lipinski definition) is 3. The number of cyclic esters (lactones) is 1. The van der Waals surface area contributed by atoms with Gasteiger partial charge in [0.15, 0.2) is 0 Å². The molecule has 7 heteroatoms. The van der Waals surface area contributed by atoms with Crippen LogP contribution in [0.3, 0.4) is 0 Å². The lowest BCUT2D eigenvalue weighted by Gasteiger charge is -2.16. The van der Waals surface area contributed by atoms with Gasteiger partial charge in [-0.15, -0.1) is 0 Å². The molecule has 0 bridgehead atoms. The molecule has 0 aromatic heterocycles. The maximum absolute atomic E-state index is 11.9. The summed E-state index contributed by atoms with van der Waals surface area (Å²) in [5, 5.41) is 20.1. The van der Waals surface area contributed by atoms with E-state index >= 15 is 0 Å². The van der Waals surface area contributed by atoms with Gasteiger partial charge in [0, 0.05) is 23.1 Å². The largest absolute Gasteiger partial charge is 0.507 e. The quantitative estimate of drug-likeness (QED) is 0.511. The van der Waals surface area contributed by atoms with Gasteiger partial charge in [-0.2, -0.15) is 0 Å². The van der Waals surface area contributed by atoms with Crippen LogP contribution < -0.4 is 10.5 Å². The molecule has 0 unspecified atom stereocenters. The fourth-order valence-corrected chi connectivity index (χ4v) is 2.76. The first-order chi connectivity index (χ1) is 11.4. The molecule has 0 spiro atoms. The predicted octanol–water partition coefficient (Wildman–Crippen LogP) is 1.32. The standard InChI is InChI=1S/C17H21NO6/c1-9(4-6-13(18)20)3-5-10-15(21)14-12(8-24-17(14)22)11(7-19)16(10)23-2/h3,19,21H,4-8H2,1-2H3,(H2,18,20)/b9-3+. The van der Waals surface area contributed by atoms with E-state index < -0.39 is 5.97 Å². The molecule has 0 saturated heterocycles. The van der Waals surface area contributed by atoms with Crippen molar-refractivity contribution in [1.82, 2.24) is 0 Å². The molecule has 1 aliphatic rings. The number of rotatable bonds is 7. The molecule has 1 aliphatic heterocycles.